The Morgan fingerprint density at radius 3 is 2.95 bits per heavy atom. The first-order valence-electron chi connectivity index (χ1n) is 7.98. The van der Waals surface area contributed by atoms with Gasteiger partial charge in [0.25, 0.3) is 0 Å². The fraction of sp³-hybridized carbons (Fsp3) is 0.750. The topological polar surface area (TPSA) is 46.9 Å². The van der Waals surface area contributed by atoms with Crippen LogP contribution in [0.25, 0.3) is 0 Å². The van der Waals surface area contributed by atoms with Crippen LogP contribution in [0.2, 0.25) is 0 Å². The van der Waals surface area contributed by atoms with E-state index in [-0.39, 0.29) is 6.04 Å². The summed E-state index contributed by atoms with van der Waals surface area (Å²) in [5.74, 6) is 1.07. The largest absolute Gasteiger partial charge is 0.304 e. The van der Waals surface area contributed by atoms with E-state index in [1.807, 2.05) is 11.7 Å². The van der Waals surface area contributed by atoms with Crippen molar-refractivity contribution in [3.8, 4) is 0 Å². The number of hydrogen-bond donors (Lipinski definition) is 1. The summed E-state index contributed by atoms with van der Waals surface area (Å²) < 4.78 is 1.86. The van der Waals surface area contributed by atoms with Gasteiger partial charge in [-0.1, -0.05) is 19.8 Å². The van der Waals surface area contributed by atoms with Crippen LogP contribution in [0, 0.1) is 5.92 Å². The van der Waals surface area contributed by atoms with E-state index in [1.54, 1.807) is 0 Å². The first-order chi connectivity index (χ1) is 9.67. The summed E-state index contributed by atoms with van der Waals surface area (Å²) in [6.45, 7) is 2.09. The maximum atomic E-state index is 12.5. The molecule has 2 heterocycles. The highest BCUT2D eigenvalue weighted by molar-refractivity contribution is 5.86. The molecule has 20 heavy (non-hydrogen) atoms. The zero-order chi connectivity index (χ0) is 14.1. The lowest BCUT2D eigenvalue weighted by Crippen LogP contribution is -2.38. The lowest BCUT2D eigenvalue weighted by molar-refractivity contribution is -0.120. The molecule has 1 aromatic rings. The molecule has 1 saturated carbocycles. The maximum Gasteiger partial charge on any atom is 0.155 e. The monoisotopic (exact) mass is 275 g/mol. The Morgan fingerprint density at radius 1 is 1.45 bits per heavy atom. The van der Waals surface area contributed by atoms with Crippen LogP contribution in [0.5, 0.6) is 0 Å². The van der Waals surface area contributed by atoms with E-state index in [0.29, 0.717) is 18.2 Å². The van der Waals surface area contributed by atoms with E-state index in [9.17, 15) is 4.79 Å². The minimum absolute atomic E-state index is 0.0723. The van der Waals surface area contributed by atoms with E-state index in [0.717, 1.165) is 30.1 Å². The van der Waals surface area contributed by atoms with E-state index in [2.05, 4.69) is 23.4 Å². The molecule has 3 atom stereocenters. The lowest BCUT2D eigenvalue weighted by atomic mass is 9.84. The average Bonchev–Trinajstić information content (AvgIpc) is 3.02. The predicted molar refractivity (Wildman–Crippen MR) is 78.6 cm³/mol. The maximum absolute atomic E-state index is 12.5. The molecule has 0 bridgehead atoms. The molecule has 4 nitrogen and oxygen atoms in total. The minimum atomic E-state index is 0.0723. The molecular formula is C16H25N3O. The number of carbonyl (C=O) groups is 1. The molecule has 0 radical (unpaired) electrons. The molecule has 0 spiro atoms. The third kappa shape index (κ3) is 2.66. The quantitative estimate of drug-likeness (QED) is 0.914. The summed E-state index contributed by atoms with van der Waals surface area (Å²) in [4.78, 5) is 12.5. The summed E-state index contributed by atoms with van der Waals surface area (Å²) in [5, 5.41) is 8.00. The smallest absolute Gasteiger partial charge is 0.155 e. The molecule has 1 aliphatic heterocycles. The van der Waals surface area contributed by atoms with Gasteiger partial charge in [0.1, 0.15) is 0 Å². The molecule has 2 fully saturated rings. The number of aromatic nitrogens is 2. The first kappa shape index (κ1) is 13.8. The fourth-order valence-corrected chi connectivity index (χ4v) is 3.77. The Hall–Kier alpha value is -1.16. The number of fused-ring (bicyclic) bond motifs is 1. The van der Waals surface area contributed by atoms with Crippen molar-refractivity contribution >= 4 is 5.78 Å². The highest BCUT2D eigenvalue weighted by Gasteiger charge is 2.38. The van der Waals surface area contributed by atoms with Crippen LogP contribution in [0.15, 0.2) is 6.07 Å². The number of carbonyl (C=O) groups excluding carboxylic acids is 1. The molecule has 1 saturated heterocycles. The summed E-state index contributed by atoms with van der Waals surface area (Å²) in [7, 11) is 1.93. The third-order valence-corrected chi connectivity index (χ3v) is 5.00. The molecule has 0 amide bonds. The van der Waals surface area contributed by atoms with Crippen molar-refractivity contribution in [3.63, 3.8) is 0 Å². The Bertz CT molecular complexity index is 480. The van der Waals surface area contributed by atoms with Crippen LogP contribution < -0.4 is 5.32 Å². The number of hydrogen-bond acceptors (Lipinski definition) is 3. The molecule has 3 rings (SSSR count). The number of rotatable bonds is 4. The zero-order valence-corrected chi connectivity index (χ0v) is 12.6. The van der Waals surface area contributed by atoms with E-state index < -0.39 is 0 Å². The number of nitrogens with zero attached hydrogens (tertiary/aromatic N) is 2. The average molecular weight is 275 g/mol. The van der Waals surface area contributed by atoms with Crippen LogP contribution in [0.4, 0.5) is 0 Å². The van der Waals surface area contributed by atoms with Gasteiger partial charge in [-0.05, 0) is 37.7 Å². The molecular weight excluding hydrogens is 250 g/mol. The van der Waals surface area contributed by atoms with Crippen molar-refractivity contribution in [1.82, 2.24) is 15.1 Å². The Kier molecular flexibility index (Phi) is 3.92. The van der Waals surface area contributed by atoms with Gasteiger partial charge in [-0.3, -0.25) is 9.48 Å². The molecule has 4 heteroatoms. The van der Waals surface area contributed by atoms with Gasteiger partial charge in [0, 0.05) is 25.2 Å². The molecule has 0 aromatic carbocycles. The highest BCUT2D eigenvalue weighted by Crippen LogP contribution is 2.33. The summed E-state index contributed by atoms with van der Waals surface area (Å²) >= 11 is 0. The highest BCUT2D eigenvalue weighted by atomic mass is 16.1. The normalized spacial score (nSPS) is 29.4. The zero-order valence-electron chi connectivity index (χ0n) is 12.6. The van der Waals surface area contributed by atoms with Gasteiger partial charge in [-0.15, -0.1) is 0 Å². The van der Waals surface area contributed by atoms with Gasteiger partial charge in [0.2, 0.25) is 0 Å². The van der Waals surface area contributed by atoms with Crippen LogP contribution in [-0.4, -0.2) is 27.6 Å². The summed E-state index contributed by atoms with van der Waals surface area (Å²) in [6.07, 6.45) is 7.69. The second-order valence-electron chi connectivity index (χ2n) is 6.35. The van der Waals surface area contributed by atoms with Gasteiger partial charge in [-0.25, -0.2) is 0 Å². The fourth-order valence-electron chi connectivity index (χ4n) is 3.77. The van der Waals surface area contributed by atoms with Crippen LogP contribution in [-0.2, 0) is 24.7 Å². The van der Waals surface area contributed by atoms with Gasteiger partial charge >= 0.3 is 0 Å². The standard InChI is InChI=1S/C16H25N3O/c1-3-12-9-13(19(2)18-12)10-16(20)15-8-11-6-4-5-7-14(11)17-15/h9,11,14-15,17H,3-8,10H2,1-2H3. The Balaban J connectivity index is 1.63. The predicted octanol–water partition coefficient (Wildman–Crippen LogP) is 2.01. The molecule has 2 aliphatic rings. The van der Waals surface area contributed by atoms with E-state index in [1.165, 1.54) is 25.7 Å². The van der Waals surface area contributed by atoms with Gasteiger partial charge in [-0.2, -0.15) is 5.10 Å². The van der Waals surface area contributed by atoms with E-state index in [4.69, 9.17) is 0 Å². The van der Waals surface area contributed by atoms with Crippen molar-refractivity contribution in [2.75, 3.05) is 0 Å². The molecule has 3 unspecified atom stereocenters. The molecule has 1 N–H and O–H groups in total. The second kappa shape index (κ2) is 5.68. The SMILES string of the molecule is CCc1cc(CC(=O)C2CC3CCCCC3N2)n(C)n1. The van der Waals surface area contributed by atoms with E-state index >= 15 is 0 Å². The van der Waals surface area contributed by atoms with Crippen molar-refractivity contribution in [2.24, 2.45) is 13.0 Å². The molecule has 1 aliphatic carbocycles. The minimum Gasteiger partial charge on any atom is -0.304 e. The molecule has 1 aromatic heterocycles. The van der Waals surface area contributed by atoms with Crippen LogP contribution in [0.1, 0.15) is 50.4 Å². The number of ketones is 1. The van der Waals surface area contributed by atoms with Gasteiger partial charge in [0.05, 0.1) is 11.7 Å². The first-order valence-corrected chi connectivity index (χ1v) is 7.98. The third-order valence-electron chi connectivity index (χ3n) is 5.00. The van der Waals surface area contributed by atoms with Crippen LogP contribution >= 0.6 is 0 Å². The van der Waals surface area contributed by atoms with Crippen molar-refractivity contribution in [1.29, 1.82) is 0 Å². The van der Waals surface area contributed by atoms with Gasteiger partial charge < -0.3 is 5.32 Å². The van der Waals surface area contributed by atoms with Gasteiger partial charge in [0.15, 0.2) is 5.78 Å². The summed E-state index contributed by atoms with van der Waals surface area (Å²) in [5.41, 5.74) is 2.12. The van der Waals surface area contributed by atoms with Crippen molar-refractivity contribution < 1.29 is 4.79 Å². The van der Waals surface area contributed by atoms with Crippen LogP contribution in [0.3, 0.4) is 0 Å². The Labute approximate surface area is 120 Å². The number of Topliss-reactive ketones (excluding diaryl/α,β-unsaturated/α-hetero) is 1. The lowest BCUT2D eigenvalue weighted by Gasteiger charge is -2.24. The second-order valence-corrected chi connectivity index (χ2v) is 6.35. The Morgan fingerprint density at radius 2 is 2.25 bits per heavy atom. The number of nitrogens with one attached hydrogen (secondary N) is 1. The van der Waals surface area contributed by atoms with Crippen molar-refractivity contribution in [2.45, 2.75) is 64.0 Å². The van der Waals surface area contributed by atoms with Crippen molar-refractivity contribution in [3.05, 3.63) is 17.5 Å². The molecule has 110 valence electrons. The number of aryl methyl sites for hydroxylation is 2. The summed E-state index contributed by atoms with van der Waals surface area (Å²) in [6, 6.07) is 2.73.